The number of carbonyl (C=O) groups excluding carboxylic acids is 6. The van der Waals surface area contributed by atoms with E-state index < -0.39 is 72.2 Å². The number of pyridine rings is 1. The molecule has 0 aliphatic carbocycles. The Balaban J connectivity index is 1.56. The van der Waals surface area contributed by atoms with Crippen LogP contribution in [-0.4, -0.2) is 98.9 Å². The summed E-state index contributed by atoms with van der Waals surface area (Å²) in [5.74, 6) is -3.84. The van der Waals surface area contributed by atoms with E-state index in [0.29, 0.717) is 11.2 Å². The number of amides is 6. The van der Waals surface area contributed by atoms with Crippen molar-refractivity contribution in [2.24, 2.45) is 5.92 Å². The predicted molar refractivity (Wildman–Crippen MR) is 197 cm³/mol. The molecule has 6 amide bonds. The summed E-state index contributed by atoms with van der Waals surface area (Å²) < 4.78 is 1.68. The number of nitrogens with zero attached hydrogens (tertiary/aromatic N) is 4. The Morgan fingerprint density at radius 2 is 1.47 bits per heavy atom. The van der Waals surface area contributed by atoms with Crippen molar-refractivity contribution in [3.05, 3.63) is 108 Å². The van der Waals surface area contributed by atoms with Crippen molar-refractivity contribution in [3.63, 3.8) is 0 Å². The molecule has 14 heteroatoms. The number of aromatic nitrogens is 2. The molecule has 0 saturated carbocycles. The van der Waals surface area contributed by atoms with Gasteiger partial charge in [-0.2, -0.15) is 0 Å². The molecule has 14 nitrogen and oxygen atoms in total. The van der Waals surface area contributed by atoms with Gasteiger partial charge in [0.25, 0.3) is 5.91 Å². The zero-order valence-electron chi connectivity index (χ0n) is 30.5. The predicted octanol–water partition coefficient (Wildman–Crippen LogP) is 1.87. The van der Waals surface area contributed by atoms with Gasteiger partial charge in [0.15, 0.2) is 0 Å². The highest BCUT2D eigenvalue weighted by Crippen LogP contribution is 2.18. The highest BCUT2D eigenvalue weighted by Gasteiger charge is 2.35. The number of likely N-dealkylation sites (N-methyl/N-ethyl adjacent to an activating group) is 1. The maximum Gasteiger partial charge on any atom is 0.274 e. The second kappa shape index (κ2) is 17.0. The Labute approximate surface area is 308 Å². The van der Waals surface area contributed by atoms with Crippen molar-refractivity contribution in [1.82, 2.24) is 40.5 Å². The van der Waals surface area contributed by atoms with Crippen LogP contribution in [0.1, 0.15) is 55.4 Å². The van der Waals surface area contributed by atoms with Gasteiger partial charge in [-0.05, 0) is 43.0 Å². The minimum Gasteiger partial charge on any atom is -0.346 e. The third-order valence-corrected chi connectivity index (χ3v) is 9.35. The third kappa shape index (κ3) is 9.44. The summed E-state index contributed by atoms with van der Waals surface area (Å²) >= 11 is 0. The first-order chi connectivity index (χ1) is 25.3. The van der Waals surface area contributed by atoms with E-state index in [-0.39, 0.29) is 24.6 Å². The molecule has 53 heavy (non-hydrogen) atoms. The van der Waals surface area contributed by atoms with Gasteiger partial charge >= 0.3 is 0 Å². The Hall–Kier alpha value is -6.05. The highest BCUT2D eigenvalue weighted by molar-refractivity contribution is 5.98. The van der Waals surface area contributed by atoms with Crippen molar-refractivity contribution < 1.29 is 28.8 Å². The maximum absolute atomic E-state index is 14.3. The fourth-order valence-corrected chi connectivity index (χ4v) is 6.11. The molecular formula is C39H46N8O6. The van der Waals surface area contributed by atoms with Gasteiger partial charge in [0.2, 0.25) is 29.5 Å². The first-order valence-corrected chi connectivity index (χ1v) is 17.6. The summed E-state index contributed by atoms with van der Waals surface area (Å²) in [4.78, 5) is 90.0. The quantitative estimate of drug-likeness (QED) is 0.243. The number of nitrogens with one attached hydrogen (secondary N) is 4. The summed E-state index contributed by atoms with van der Waals surface area (Å²) in [6, 6.07) is 18.3. The van der Waals surface area contributed by atoms with Gasteiger partial charge in [-0.15, -0.1) is 0 Å². The van der Waals surface area contributed by atoms with Gasteiger partial charge < -0.3 is 35.5 Å². The molecule has 1 saturated heterocycles. The molecule has 4 aromatic rings. The van der Waals surface area contributed by atoms with Crippen LogP contribution < -0.4 is 21.3 Å². The van der Waals surface area contributed by atoms with E-state index >= 15 is 0 Å². The number of carbonyl (C=O) groups is 6. The Kier molecular flexibility index (Phi) is 12.2. The van der Waals surface area contributed by atoms with Crippen molar-refractivity contribution in [2.75, 3.05) is 20.1 Å². The van der Waals surface area contributed by atoms with Gasteiger partial charge in [0, 0.05) is 32.4 Å². The summed E-state index contributed by atoms with van der Waals surface area (Å²) in [5, 5.41) is 11.2. The van der Waals surface area contributed by atoms with Crippen LogP contribution in [0.2, 0.25) is 0 Å². The van der Waals surface area contributed by atoms with Crippen LogP contribution in [-0.2, 0) is 30.4 Å². The van der Waals surface area contributed by atoms with Crippen LogP contribution >= 0.6 is 0 Å². The molecule has 0 spiro atoms. The molecule has 0 bridgehead atoms. The molecule has 1 fully saturated rings. The van der Waals surface area contributed by atoms with E-state index in [1.165, 1.54) is 30.7 Å². The third-order valence-electron chi connectivity index (χ3n) is 9.35. The van der Waals surface area contributed by atoms with Crippen molar-refractivity contribution in [2.45, 2.75) is 64.3 Å². The molecule has 278 valence electrons. The zero-order valence-corrected chi connectivity index (χ0v) is 30.5. The summed E-state index contributed by atoms with van der Waals surface area (Å²) in [5.41, 5.74) is 1.99. The molecule has 2 aromatic heterocycles. The first kappa shape index (κ1) is 38.2. The summed E-state index contributed by atoms with van der Waals surface area (Å²) in [6.45, 7) is 5.90. The van der Waals surface area contributed by atoms with Gasteiger partial charge in [0.1, 0.15) is 35.5 Å². The molecular weight excluding hydrogens is 676 g/mol. The molecule has 3 heterocycles. The van der Waals surface area contributed by atoms with Gasteiger partial charge in [-0.1, -0.05) is 80.6 Å². The van der Waals surface area contributed by atoms with Crippen molar-refractivity contribution in [1.29, 1.82) is 0 Å². The number of hydrogen-bond acceptors (Lipinski definition) is 7. The molecule has 5 atom stereocenters. The molecule has 4 N–H and O–H groups in total. The molecule has 5 rings (SSSR count). The van der Waals surface area contributed by atoms with E-state index in [2.05, 4.69) is 26.3 Å². The Morgan fingerprint density at radius 1 is 0.811 bits per heavy atom. The monoisotopic (exact) mass is 722 g/mol. The van der Waals surface area contributed by atoms with Crippen LogP contribution in [0, 0.1) is 5.92 Å². The van der Waals surface area contributed by atoms with Crippen molar-refractivity contribution in [3.8, 4) is 0 Å². The fraction of sp³-hybridized carbons (Fsp3) is 0.359. The van der Waals surface area contributed by atoms with E-state index in [4.69, 9.17) is 0 Å². The Bertz CT molecular complexity index is 1920. The smallest absolute Gasteiger partial charge is 0.274 e. The minimum atomic E-state index is -1.12. The maximum atomic E-state index is 14.3. The summed E-state index contributed by atoms with van der Waals surface area (Å²) in [7, 11) is 1.45. The second-order valence-electron chi connectivity index (χ2n) is 13.6. The molecule has 0 unspecified atom stereocenters. The average Bonchev–Trinajstić information content (AvgIpc) is 3.59. The summed E-state index contributed by atoms with van der Waals surface area (Å²) in [6.07, 6.45) is 3.40. The van der Waals surface area contributed by atoms with E-state index in [1.54, 1.807) is 73.1 Å². The molecule has 1 aliphatic heterocycles. The van der Waals surface area contributed by atoms with Crippen LogP contribution in [0.25, 0.3) is 5.65 Å². The number of imidazole rings is 1. The second-order valence-corrected chi connectivity index (χ2v) is 13.6. The zero-order chi connectivity index (χ0) is 38.2. The van der Waals surface area contributed by atoms with Crippen LogP contribution in [0.3, 0.4) is 0 Å². The lowest BCUT2D eigenvalue weighted by Crippen LogP contribution is -2.59. The standard InChI is InChI=1S/C39H46N8O6/c1-24(2)34-37(51)40-25(3)35(49)43-30(28-16-10-7-11-17-28)21-47(39(53)31-22-46-19-13-12-18-32(46)41-31)23-33(48)42-29(20-27-14-8-6-9-15-27)38(52)45(5)26(4)36(50)44-34/h6-19,22,24-26,29-30,34H,20-21,23H2,1-5H3,(H,40,51)(H,42,48)(H,43,49)(H,44,50)/t25-,26-,29-,30-,34+/m0/s1. The van der Waals surface area contributed by atoms with Crippen molar-refractivity contribution >= 4 is 41.1 Å². The van der Waals surface area contributed by atoms with Gasteiger partial charge in [0.05, 0.1) is 12.6 Å². The minimum absolute atomic E-state index is 0.0705. The van der Waals surface area contributed by atoms with E-state index in [9.17, 15) is 28.8 Å². The topological polar surface area (TPSA) is 174 Å². The lowest BCUT2D eigenvalue weighted by atomic mass is 10.0. The number of rotatable bonds is 5. The number of fused-ring (bicyclic) bond motifs is 1. The SMILES string of the molecule is CC(C)[C@H]1NC(=O)[C@H](C)N(C)C(=O)[C@H](Cc2ccccc2)NC(=O)CN(C(=O)c2cn3ccccc3n2)C[C@@H](c2ccccc2)NC(=O)[C@H](C)NC1=O. The Morgan fingerprint density at radius 3 is 2.13 bits per heavy atom. The van der Waals surface area contributed by atoms with Gasteiger partial charge in [-0.25, -0.2) is 4.98 Å². The highest BCUT2D eigenvalue weighted by atomic mass is 16.2. The molecule has 1 aliphatic rings. The molecule has 2 aromatic carbocycles. The lowest BCUT2D eigenvalue weighted by molar-refractivity contribution is -0.142. The molecule has 0 radical (unpaired) electrons. The number of benzene rings is 2. The van der Waals surface area contributed by atoms with Crippen LogP contribution in [0.5, 0.6) is 0 Å². The number of hydrogen-bond donors (Lipinski definition) is 4. The van der Waals surface area contributed by atoms with E-state index in [0.717, 1.165) is 5.56 Å². The largest absolute Gasteiger partial charge is 0.346 e. The fourth-order valence-electron chi connectivity index (χ4n) is 6.11. The van der Waals surface area contributed by atoms with Crippen LogP contribution in [0.15, 0.2) is 91.3 Å². The first-order valence-electron chi connectivity index (χ1n) is 17.6. The van der Waals surface area contributed by atoms with E-state index in [1.807, 2.05) is 36.4 Å². The van der Waals surface area contributed by atoms with Crippen LogP contribution in [0.4, 0.5) is 0 Å². The van der Waals surface area contributed by atoms with Gasteiger partial charge in [-0.3, -0.25) is 28.8 Å². The normalized spacial score (nSPS) is 22.8. The lowest BCUT2D eigenvalue weighted by Gasteiger charge is -2.32. The average molecular weight is 723 g/mol.